The zero-order valence-electron chi connectivity index (χ0n) is 12.9. The van der Waals surface area contributed by atoms with E-state index in [0.29, 0.717) is 23.1 Å². The summed E-state index contributed by atoms with van der Waals surface area (Å²) in [7, 11) is -1.16. The highest BCUT2D eigenvalue weighted by Crippen LogP contribution is 2.22. The van der Waals surface area contributed by atoms with Crippen LogP contribution in [0.1, 0.15) is 30.9 Å². The first-order valence-electron chi connectivity index (χ1n) is 7.68. The van der Waals surface area contributed by atoms with Gasteiger partial charge < -0.3 is 10.1 Å². The Labute approximate surface area is 138 Å². The topological polar surface area (TPSA) is 55.4 Å². The van der Waals surface area contributed by atoms with Gasteiger partial charge in [0, 0.05) is 24.8 Å². The minimum absolute atomic E-state index is 0.154. The molecule has 1 aromatic rings. The van der Waals surface area contributed by atoms with Crippen molar-refractivity contribution in [3.63, 3.8) is 0 Å². The van der Waals surface area contributed by atoms with Crippen molar-refractivity contribution in [1.82, 2.24) is 5.32 Å². The molecule has 0 aromatic heterocycles. The highest BCUT2D eigenvalue weighted by molar-refractivity contribution is 7.91. The Morgan fingerprint density at radius 3 is 2.73 bits per heavy atom. The van der Waals surface area contributed by atoms with Crippen LogP contribution in [0.4, 0.5) is 0 Å². The van der Waals surface area contributed by atoms with Gasteiger partial charge in [-0.1, -0.05) is 23.7 Å². The molecule has 2 atom stereocenters. The van der Waals surface area contributed by atoms with Gasteiger partial charge in [-0.2, -0.15) is 0 Å². The van der Waals surface area contributed by atoms with E-state index in [1.807, 2.05) is 24.3 Å². The molecule has 0 amide bonds. The standard InChI is InChI=1S/C16H24ClNO3S/c1-21-9-8-16(14-4-6-15(17)7-5-14)18-11-13-3-2-10-22(19,20)12-13/h4-7,13,16,18H,2-3,8-12H2,1H3/t13-,16-/m1/s1. The number of benzene rings is 1. The van der Waals surface area contributed by atoms with Crippen LogP contribution in [0.2, 0.25) is 5.02 Å². The first-order chi connectivity index (χ1) is 10.5. The van der Waals surface area contributed by atoms with Crippen LogP contribution in [0.15, 0.2) is 24.3 Å². The molecular weight excluding hydrogens is 322 g/mol. The summed E-state index contributed by atoms with van der Waals surface area (Å²) < 4.78 is 28.6. The molecule has 0 aliphatic carbocycles. The second-order valence-electron chi connectivity index (χ2n) is 5.92. The third kappa shape index (κ3) is 5.54. The lowest BCUT2D eigenvalue weighted by Gasteiger charge is -2.26. The van der Waals surface area contributed by atoms with Crippen LogP contribution >= 0.6 is 11.6 Å². The van der Waals surface area contributed by atoms with Crippen molar-refractivity contribution in [3.05, 3.63) is 34.9 Å². The third-order valence-corrected chi connectivity index (χ3v) is 6.24. The number of methoxy groups -OCH3 is 1. The average molecular weight is 346 g/mol. The second-order valence-corrected chi connectivity index (χ2v) is 8.58. The molecule has 1 aromatic carbocycles. The predicted octanol–water partition coefficient (Wildman–Crippen LogP) is 2.83. The fourth-order valence-electron chi connectivity index (χ4n) is 2.90. The van der Waals surface area contributed by atoms with Crippen molar-refractivity contribution in [2.75, 3.05) is 31.8 Å². The van der Waals surface area contributed by atoms with E-state index in [4.69, 9.17) is 16.3 Å². The minimum atomic E-state index is -2.85. The summed E-state index contributed by atoms with van der Waals surface area (Å²) in [5.74, 6) is 0.849. The number of ether oxygens (including phenoxy) is 1. The predicted molar refractivity (Wildman–Crippen MR) is 90.1 cm³/mol. The van der Waals surface area contributed by atoms with Gasteiger partial charge in [0.25, 0.3) is 0 Å². The molecule has 0 spiro atoms. The normalized spacial score (nSPS) is 22.4. The smallest absolute Gasteiger partial charge is 0.150 e. The lowest BCUT2D eigenvalue weighted by molar-refractivity contribution is 0.181. The van der Waals surface area contributed by atoms with Crippen LogP contribution in [-0.2, 0) is 14.6 Å². The number of halogens is 1. The van der Waals surface area contributed by atoms with Crippen molar-refractivity contribution in [1.29, 1.82) is 0 Å². The number of hydrogen-bond acceptors (Lipinski definition) is 4. The molecule has 1 aliphatic heterocycles. The molecule has 0 radical (unpaired) electrons. The quantitative estimate of drug-likeness (QED) is 0.825. The van der Waals surface area contributed by atoms with Gasteiger partial charge in [0.1, 0.15) is 0 Å². The van der Waals surface area contributed by atoms with E-state index >= 15 is 0 Å². The Hall–Kier alpha value is -0.620. The van der Waals surface area contributed by atoms with Crippen LogP contribution in [0.5, 0.6) is 0 Å². The Morgan fingerprint density at radius 1 is 1.36 bits per heavy atom. The summed E-state index contributed by atoms with van der Waals surface area (Å²) in [6.45, 7) is 1.37. The summed E-state index contributed by atoms with van der Waals surface area (Å²) in [5, 5.41) is 4.23. The van der Waals surface area contributed by atoms with E-state index in [0.717, 1.165) is 31.4 Å². The summed E-state index contributed by atoms with van der Waals surface area (Å²) in [6, 6.07) is 7.93. The van der Waals surface area contributed by atoms with Crippen LogP contribution in [0.3, 0.4) is 0 Å². The highest BCUT2D eigenvalue weighted by Gasteiger charge is 2.25. The molecule has 1 N–H and O–H groups in total. The molecule has 6 heteroatoms. The van der Waals surface area contributed by atoms with Gasteiger partial charge in [-0.3, -0.25) is 0 Å². The largest absolute Gasteiger partial charge is 0.385 e. The summed E-state index contributed by atoms with van der Waals surface area (Å²) >= 11 is 5.94. The Balaban J connectivity index is 1.96. The van der Waals surface area contributed by atoms with Gasteiger partial charge in [0.2, 0.25) is 0 Å². The lowest BCUT2D eigenvalue weighted by Crippen LogP contribution is -2.35. The molecule has 22 heavy (non-hydrogen) atoms. The van der Waals surface area contributed by atoms with Crippen molar-refractivity contribution in [3.8, 4) is 0 Å². The van der Waals surface area contributed by atoms with Gasteiger partial charge >= 0.3 is 0 Å². The van der Waals surface area contributed by atoms with Gasteiger partial charge in [-0.15, -0.1) is 0 Å². The minimum Gasteiger partial charge on any atom is -0.385 e. The maximum atomic E-state index is 11.7. The molecule has 124 valence electrons. The van der Waals surface area contributed by atoms with E-state index in [1.165, 1.54) is 0 Å². The maximum absolute atomic E-state index is 11.7. The lowest BCUT2D eigenvalue weighted by atomic mass is 10.0. The van der Waals surface area contributed by atoms with E-state index in [2.05, 4.69) is 5.32 Å². The fourth-order valence-corrected chi connectivity index (χ4v) is 4.81. The molecule has 0 bridgehead atoms. The van der Waals surface area contributed by atoms with E-state index < -0.39 is 9.84 Å². The third-order valence-electron chi connectivity index (χ3n) is 4.09. The Kier molecular flexibility index (Phi) is 6.68. The van der Waals surface area contributed by atoms with E-state index in [9.17, 15) is 8.42 Å². The number of rotatable bonds is 7. The molecule has 1 heterocycles. The van der Waals surface area contributed by atoms with Gasteiger partial charge in [0.15, 0.2) is 9.84 Å². The van der Waals surface area contributed by atoms with Gasteiger partial charge in [-0.05, 0) is 49.4 Å². The van der Waals surface area contributed by atoms with Crippen LogP contribution in [-0.4, -0.2) is 40.2 Å². The second kappa shape index (κ2) is 8.29. The first-order valence-corrected chi connectivity index (χ1v) is 9.88. The van der Waals surface area contributed by atoms with E-state index in [-0.39, 0.29) is 12.0 Å². The zero-order valence-corrected chi connectivity index (χ0v) is 14.5. The zero-order chi connectivity index (χ0) is 16.0. The average Bonchev–Trinajstić information content (AvgIpc) is 2.48. The molecule has 0 saturated carbocycles. The van der Waals surface area contributed by atoms with Crippen molar-refractivity contribution in [2.45, 2.75) is 25.3 Å². The molecule has 1 fully saturated rings. The summed E-state index contributed by atoms with van der Waals surface area (Å²) in [6.07, 6.45) is 2.60. The van der Waals surface area contributed by atoms with Crippen molar-refractivity contribution in [2.24, 2.45) is 5.92 Å². The number of nitrogens with one attached hydrogen (secondary N) is 1. The molecule has 1 aliphatic rings. The fraction of sp³-hybridized carbons (Fsp3) is 0.625. The number of hydrogen-bond donors (Lipinski definition) is 1. The number of sulfone groups is 1. The highest BCUT2D eigenvalue weighted by atomic mass is 35.5. The van der Waals surface area contributed by atoms with Crippen LogP contribution in [0.25, 0.3) is 0 Å². The first kappa shape index (κ1) is 17.7. The molecular formula is C16H24ClNO3S. The Bertz CT molecular complexity index is 559. The summed E-state index contributed by atoms with van der Waals surface area (Å²) in [5.41, 5.74) is 1.15. The molecule has 4 nitrogen and oxygen atoms in total. The molecule has 0 unspecified atom stereocenters. The van der Waals surface area contributed by atoms with Crippen LogP contribution in [0, 0.1) is 5.92 Å². The maximum Gasteiger partial charge on any atom is 0.150 e. The SMILES string of the molecule is COCC[C@@H](NC[C@H]1CCCS(=O)(=O)C1)c1ccc(Cl)cc1. The van der Waals surface area contributed by atoms with Gasteiger partial charge in [0.05, 0.1) is 11.5 Å². The van der Waals surface area contributed by atoms with Crippen molar-refractivity contribution < 1.29 is 13.2 Å². The van der Waals surface area contributed by atoms with Gasteiger partial charge in [-0.25, -0.2) is 8.42 Å². The van der Waals surface area contributed by atoms with Crippen LogP contribution < -0.4 is 5.32 Å². The summed E-state index contributed by atoms with van der Waals surface area (Å²) in [4.78, 5) is 0. The molecule has 1 saturated heterocycles. The monoisotopic (exact) mass is 345 g/mol. The van der Waals surface area contributed by atoms with Crippen molar-refractivity contribution >= 4 is 21.4 Å². The Morgan fingerprint density at radius 2 is 2.09 bits per heavy atom. The molecule has 2 rings (SSSR count). The van der Waals surface area contributed by atoms with E-state index in [1.54, 1.807) is 7.11 Å².